The highest BCUT2D eigenvalue weighted by Crippen LogP contribution is 2.48. The molecule has 0 fully saturated rings. The number of carbonyl (C=O) groups excluding carboxylic acids is 2. The maximum Gasteiger partial charge on any atom is 0.244 e. The number of nitrogens with zero attached hydrogens (tertiary/aromatic N) is 1. The molecule has 2 amide bonds. The standard InChI is InChI=1S/C23H20N2O2S2/c1-15(28-18-13-11-17(12-14-18)24-16(2)26)23(27)25-19-7-3-5-9-21(19)29-22-10-6-4-8-20(22)25/h3-15H,1-2H3,(H,24,26). The van der Waals surface area contributed by atoms with Gasteiger partial charge in [-0.15, -0.1) is 11.8 Å². The Balaban J connectivity index is 1.58. The normalized spacial score (nSPS) is 13.2. The Morgan fingerprint density at radius 2 is 1.45 bits per heavy atom. The minimum absolute atomic E-state index is 0.0427. The van der Waals surface area contributed by atoms with Crippen LogP contribution in [0.1, 0.15) is 13.8 Å². The minimum atomic E-state index is -0.272. The molecule has 1 aliphatic rings. The van der Waals surface area contributed by atoms with Crippen LogP contribution in [0.15, 0.2) is 87.5 Å². The highest BCUT2D eigenvalue weighted by molar-refractivity contribution is 8.00. The Hall–Kier alpha value is -2.70. The molecule has 1 atom stereocenters. The number of para-hydroxylation sites is 2. The van der Waals surface area contributed by atoms with Crippen LogP contribution in [-0.2, 0) is 9.59 Å². The van der Waals surface area contributed by atoms with Gasteiger partial charge in [-0.05, 0) is 55.5 Å². The van der Waals surface area contributed by atoms with Crippen molar-refractivity contribution in [1.29, 1.82) is 0 Å². The molecule has 0 radical (unpaired) electrons. The van der Waals surface area contributed by atoms with Crippen molar-refractivity contribution in [3.63, 3.8) is 0 Å². The predicted molar refractivity (Wildman–Crippen MR) is 120 cm³/mol. The van der Waals surface area contributed by atoms with Gasteiger partial charge in [0.2, 0.25) is 11.8 Å². The van der Waals surface area contributed by atoms with Crippen molar-refractivity contribution in [2.75, 3.05) is 10.2 Å². The molecule has 29 heavy (non-hydrogen) atoms. The van der Waals surface area contributed by atoms with Crippen LogP contribution in [0.2, 0.25) is 0 Å². The van der Waals surface area contributed by atoms with Gasteiger partial charge < -0.3 is 5.32 Å². The quantitative estimate of drug-likeness (QED) is 0.530. The summed E-state index contributed by atoms with van der Waals surface area (Å²) in [5, 5.41) is 2.48. The third-order valence-electron chi connectivity index (χ3n) is 4.49. The van der Waals surface area contributed by atoms with Crippen molar-refractivity contribution in [3.8, 4) is 0 Å². The van der Waals surface area contributed by atoms with E-state index in [2.05, 4.69) is 17.4 Å². The van der Waals surface area contributed by atoms with Crippen LogP contribution in [0.3, 0.4) is 0 Å². The summed E-state index contributed by atoms with van der Waals surface area (Å²) in [6, 6.07) is 23.6. The first-order valence-electron chi connectivity index (χ1n) is 9.27. The molecular formula is C23H20N2O2S2. The topological polar surface area (TPSA) is 49.4 Å². The fraction of sp³-hybridized carbons (Fsp3) is 0.130. The first-order valence-corrected chi connectivity index (χ1v) is 11.0. The van der Waals surface area contributed by atoms with Gasteiger partial charge in [0.05, 0.1) is 16.6 Å². The van der Waals surface area contributed by atoms with Crippen LogP contribution < -0.4 is 10.2 Å². The van der Waals surface area contributed by atoms with E-state index in [4.69, 9.17) is 0 Å². The number of amides is 2. The van der Waals surface area contributed by atoms with Crippen LogP contribution >= 0.6 is 23.5 Å². The summed E-state index contributed by atoms with van der Waals surface area (Å²) in [5.41, 5.74) is 2.60. The zero-order chi connectivity index (χ0) is 20.4. The Morgan fingerprint density at radius 3 is 2.00 bits per heavy atom. The first kappa shape index (κ1) is 19.6. The second-order valence-electron chi connectivity index (χ2n) is 6.68. The highest BCUT2D eigenvalue weighted by atomic mass is 32.2. The molecule has 1 N–H and O–H groups in total. The van der Waals surface area contributed by atoms with E-state index in [1.54, 1.807) is 11.8 Å². The molecule has 0 spiro atoms. The number of benzene rings is 3. The summed E-state index contributed by atoms with van der Waals surface area (Å²) in [4.78, 5) is 29.6. The van der Waals surface area contributed by atoms with Crippen molar-refractivity contribution in [3.05, 3.63) is 72.8 Å². The molecule has 1 heterocycles. The van der Waals surface area contributed by atoms with E-state index < -0.39 is 0 Å². The third-order valence-corrected chi connectivity index (χ3v) is 6.72. The number of rotatable bonds is 4. The van der Waals surface area contributed by atoms with Crippen molar-refractivity contribution >= 4 is 52.4 Å². The van der Waals surface area contributed by atoms with Crippen molar-refractivity contribution < 1.29 is 9.59 Å². The Labute approximate surface area is 178 Å². The number of thioether (sulfide) groups is 1. The van der Waals surface area contributed by atoms with E-state index in [-0.39, 0.29) is 17.1 Å². The van der Waals surface area contributed by atoms with Gasteiger partial charge >= 0.3 is 0 Å². The van der Waals surface area contributed by atoms with E-state index in [9.17, 15) is 9.59 Å². The van der Waals surface area contributed by atoms with Crippen molar-refractivity contribution in [1.82, 2.24) is 0 Å². The van der Waals surface area contributed by atoms with E-state index in [1.807, 2.05) is 72.5 Å². The number of hydrogen-bond acceptors (Lipinski definition) is 4. The second kappa shape index (κ2) is 8.35. The maximum absolute atomic E-state index is 13.5. The van der Waals surface area contributed by atoms with Gasteiger partial charge in [0.15, 0.2) is 0 Å². The fourth-order valence-electron chi connectivity index (χ4n) is 3.20. The summed E-state index contributed by atoms with van der Waals surface area (Å²) in [7, 11) is 0. The average molecular weight is 421 g/mol. The van der Waals surface area contributed by atoms with Gasteiger partial charge in [0.1, 0.15) is 0 Å². The van der Waals surface area contributed by atoms with Crippen LogP contribution in [0.4, 0.5) is 17.1 Å². The molecule has 4 rings (SSSR count). The zero-order valence-electron chi connectivity index (χ0n) is 16.1. The van der Waals surface area contributed by atoms with Gasteiger partial charge in [-0.25, -0.2) is 0 Å². The van der Waals surface area contributed by atoms with E-state index in [0.717, 1.165) is 31.7 Å². The third kappa shape index (κ3) is 4.18. The number of hydrogen-bond donors (Lipinski definition) is 1. The molecule has 0 bridgehead atoms. The van der Waals surface area contributed by atoms with Gasteiger partial charge in [0, 0.05) is 27.3 Å². The fourth-order valence-corrected chi connectivity index (χ4v) is 5.16. The molecule has 4 nitrogen and oxygen atoms in total. The van der Waals surface area contributed by atoms with Crippen LogP contribution in [0.25, 0.3) is 0 Å². The smallest absolute Gasteiger partial charge is 0.244 e. The molecule has 0 aliphatic carbocycles. The maximum atomic E-state index is 13.5. The summed E-state index contributed by atoms with van der Waals surface area (Å²) in [6.45, 7) is 3.41. The molecule has 3 aromatic rings. The lowest BCUT2D eigenvalue weighted by atomic mass is 10.2. The van der Waals surface area contributed by atoms with E-state index in [1.165, 1.54) is 18.7 Å². The SMILES string of the molecule is CC(=O)Nc1ccc(SC(C)C(=O)N2c3ccccc3Sc3ccccc32)cc1. The van der Waals surface area contributed by atoms with Gasteiger partial charge in [-0.1, -0.05) is 36.0 Å². The van der Waals surface area contributed by atoms with Crippen LogP contribution in [0, 0.1) is 0 Å². The Kier molecular flexibility index (Phi) is 5.65. The monoisotopic (exact) mass is 420 g/mol. The van der Waals surface area contributed by atoms with Crippen LogP contribution in [0.5, 0.6) is 0 Å². The van der Waals surface area contributed by atoms with Crippen molar-refractivity contribution in [2.24, 2.45) is 0 Å². The number of nitrogens with one attached hydrogen (secondary N) is 1. The lowest BCUT2D eigenvalue weighted by Gasteiger charge is -2.32. The summed E-state index contributed by atoms with van der Waals surface area (Å²) in [6.07, 6.45) is 0. The summed E-state index contributed by atoms with van der Waals surface area (Å²) in [5.74, 6) is -0.0598. The van der Waals surface area contributed by atoms with Gasteiger partial charge in [-0.3, -0.25) is 14.5 Å². The lowest BCUT2D eigenvalue weighted by molar-refractivity contribution is -0.117. The molecular weight excluding hydrogens is 400 g/mol. The summed E-state index contributed by atoms with van der Waals surface area (Å²) >= 11 is 3.20. The molecule has 0 saturated heterocycles. The van der Waals surface area contributed by atoms with Gasteiger partial charge in [-0.2, -0.15) is 0 Å². The second-order valence-corrected chi connectivity index (χ2v) is 9.17. The molecule has 3 aromatic carbocycles. The lowest BCUT2D eigenvalue weighted by Crippen LogP contribution is -2.34. The van der Waals surface area contributed by atoms with E-state index >= 15 is 0 Å². The predicted octanol–water partition coefficient (Wildman–Crippen LogP) is 5.96. The minimum Gasteiger partial charge on any atom is -0.326 e. The molecule has 6 heteroatoms. The first-order chi connectivity index (χ1) is 14.0. The Bertz CT molecular complexity index is 1020. The van der Waals surface area contributed by atoms with Crippen LogP contribution in [-0.4, -0.2) is 17.1 Å². The molecule has 0 aromatic heterocycles. The molecule has 1 aliphatic heterocycles. The highest BCUT2D eigenvalue weighted by Gasteiger charge is 2.31. The molecule has 1 unspecified atom stereocenters. The van der Waals surface area contributed by atoms with E-state index in [0.29, 0.717) is 0 Å². The zero-order valence-corrected chi connectivity index (χ0v) is 17.7. The number of anilines is 3. The summed E-state index contributed by atoms with van der Waals surface area (Å²) < 4.78 is 0. The molecule has 146 valence electrons. The average Bonchev–Trinajstić information content (AvgIpc) is 2.72. The number of carbonyl (C=O) groups is 2. The number of fused-ring (bicyclic) bond motifs is 2. The Morgan fingerprint density at radius 1 is 0.897 bits per heavy atom. The van der Waals surface area contributed by atoms with Gasteiger partial charge in [0.25, 0.3) is 0 Å². The van der Waals surface area contributed by atoms with Crippen molar-refractivity contribution in [2.45, 2.75) is 33.8 Å². The largest absolute Gasteiger partial charge is 0.326 e. The molecule has 0 saturated carbocycles.